The Morgan fingerprint density at radius 3 is 1.00 bits per heavy atom. The summed E-state index contributed by atoms with van der Waals surface area (Å²) >= 11 is 0. The molecule has 0 bridgehead atoms. The summed E-state index contributed by atoms with van der Waals surface area (Å²) in [5.41, 5.74) is 0. The third-order valence-corrected chi connectivity index (χ3v) is 0. The molecular formula is AgAuCrInPdY. The van der Waals surface area contributed by atoms with Crippen molar-refractivity contribution >= 4 is 25.8 Å². The van der Waals surface area contributed by atoms with Crippen LogP contribution in [-0.4, -0.2) is 25.8 Å². The minimum Gasteiger partial charge on any atom is 0 e. The molecule has 0 N–H and O–H groups in total. The molecule has 0 unspecified atom stereocenters. The van der Waals surface area contributed by atoms with Crippen LogP contribution in [0.5, 0.6) is 0 Å². The van der Waals surface area contributed by atoms with Gasteiger partial charge in [0.05, 0.1) is 0 Å². The Labute approximate surface area is 138 Å². The topological polar surface area (TPSA) is 0 Å². The smallest absolute Gasteiger partial charge is 0 e. The molecule has 0 aromatic heterocycles. The molecule has 0 heterocycles. The van der Waals surface area contributed by atoms with E-state index in [9.17, 15) is 0 Å². The molecule has 0 aliphatic rings. The van der Waals surface area contributed by atoms with Crippen LogP contribution < -0.4 is 0 Å². The van der Waals surface area contributed by atoms with Crippen molar-refractivity contribution in [3.8, 4) is 0 Å². The van der Waals surface area contributed by atoms with Crippen molar-refractivity contribution in [1.29, 1.82) is 0 Å². The van der Waals surface area contributed by atoms with Crippen LogP contribution in [0.2, 0.25) is 0 Å². The van der Waals surface area contributed by atoms with Gasteiger partial charge in [0.25, 0.3) is 0 Å². The van der Waals surface area contributed by atoms with Gasteiger partial charge in [-0.3, -0.25) is 0 Å². The Balaban J connectivity index is 0. The fraction of sp³-hybridized carbons (Fsp3) is 0. The van der Waals surface area contributed by atoms with Crippen molar-refractivity contribution in [2.75, 3.05) is 0 Å². The summed E-state index contributed by atoms with van der Waals surface area (Å²) in [5.74, 6) is 0. The van der Waals surface area contributed by atoms with Gasteiger partial charge in [-0.15, -0.1) is 0 Å². The van der Waals surface area contributed by atoms with E-state index in [1.165, 1.54) is 0 Å². The second-order valence-corrected chi connectivity index (χ2v) is 0. The third-order valence-electron chi connectivity index (χ3n) is 0. The van der Waals surface area contributed by atoms with E-state index in [2.05, 4.69) is 0 Å². The Hall–Kier alpha value is 4.65. The quantitative estimate of drug-likeness (QED) is 0.310. The van der Waals surface area contributed by atoms with Gasteiger partial charge in [0.15, 0.2) is 0 Å². The molecule has 0 saturated carbocycles. The molecule has 6 heteroatoms. The van der Waals surface area contributed by atoms with Gasteiger partial charge in [-0.1, -0.05) is 0 Å². The second kappa shape index (κ2) is 33.4. The molecule has 0 atom stereocenters. The zero-order chi connectivity index (χ0) is 0. The Bertz CT molecular complexity index is 15.5. The summed E-state index contributed by atoms with van der Waals surface area (Å²) in [6.45, 7) is 0. The third kappa shape index (κ3) is 23.4. The fourth-order valence-corrected chi connectivity index (χ4v) is 0. The summed E-state index contributed by atoms with van der Waals surface area (Å²) in [6, 6.07) is 0. The molecule has 0 saturated heterocycles. The first-order valence-electron chi connectivity index (χ1n) is 0. The van der Waals surface area contributed by atoms with E-state index in [1.807, 2.05) is 0 Å². The molecule has 0 rings (SSSR count). The molecule has 6 heavy (non-hydrogen) atoms. The average Bonchev–Trinajstić information content (AvgIpc) is 0. The number of hydrogen-bond acceptors (Lipinski definition) is 0. The minimum atomic E-state index is 0. The summed E-state index contributed by atoms with van der Waals surface area (Å²) < 4.78 is 0. The summed E-state index contributed by atoms with van der Waals surface area (Å²) in [6.07, 6.45) is 0. The van der Waals surface area contributed by atoms with Crippen molar-refractivity contribution in [2.45, 2.75) is 0 Å². The van der Waals surface area contributed by atoms with Crippen molar-refractivity contribution in [3.05, 3.63) is 0 Å². The Morgan fingerprint density at radius 2 is 1.00 bits per heavy atom. The van der Waals surface area contributed by atoms with Gasteiger partial charge in [0.2, 0.25) is 0 Å². The van der Waals surface area contributed by atoms with Gasteiger partial charge in [0, 0.05) is 141 Å². The molecule has 0 spiro atoms. The molecule has 0 aliphatic carbocycles. The fourth-order valence-electron chi connectivity index (χ4n) is 0. The first-order chi connectivity index (χ1) is 0. The minimum absolute atomic E-state index is 0. The van der Waals surface area contributed by atoms with Crippen molar-refractivity contribution < 1.29 is 115 Å². The molecule has 0 amide bonds. The van der Waals surface area contributed by atoms with E-state index in [4.69, 9.17) is 0 Å². The molecule has 0 fully saturated rings. The van der Waals surface area contributed by atoms with E-state index in [0.717, 1.165) is 0 Å². The molecular weight excluding hydrogens is 667 g/mol. The van der Waals surface area contributed by atoms with Gasteiger partial charge < -0.3 is 0 Å². The van der Waals surface area contributed by atoms with Crippen LogP contribution in [-0.2, 0) is 115 Å². The van der Waals surface area contributed by atoms with Crippen LogP contribution in [0.1, 0.15) is 0 Å². The largest absolute Gasteiger partial charge is 0 e. The first-order valence-corrected chi connectivity index (χ1v) is 0. The average molecular weight is 667 g/mol. The SMILES string of the molecule is [Ag].[Au].[Cr].[In].[Pd].[Y]. The molecule has 6 radical (unpaired) electrons. The van der Waals surface area contributed by atoms with Crippen molar-refractivity contribution in [2.24, 2.45) is 0 Å². The van der Waals surface area contributed by atoms with Gasteiger partial charge in [-0.25, -0.2) is 0 Å². The van der Waals surface area contributed by atoms with Gasteiger partial charge >= 0.3 is 0 Å². The van der Waals surface area contributed by atoms with Crippen LogP contribution in [0, 0.1) is 0 Å². The van der Waals surface area contributed by atoms with Gasteiger partial charge in [0.1, 0.15) is 0 Å². The van der Waals surface area contributed by atoms with Gasteiger partial charge in [-0.2, -0.15) is 0 Å². The van der Waals surface area contributed by atoms with Crippen molar-refractivity contribution in [3.63, 3.8) is 0 Å². The van der Waals surface area contributed by atoms with E-state index < -0.39 is 0 Å². The molecule has 0 aliphatic heterocycles. The molecule has 0 nitrogen and oxygen atoms in total. The predicted molar refractivity (Wildman–Crippen MR) is 5.75 cm³/mol. The predicted octanol–water partition coefficient (Wildman–Crippen LogP) is -0.393. The van der Waals surface area contributed by atoms with Crippen LogP contribution in [0.4, 0.5) is 0 Å². The first kappa shape index (κ1) is 45.9. The Kier molecular flexibility index (Phi) is 255. The normalized spacial score (nSPS) is 0. The van der Waals surface area contributed by atoms with Crippen LogP contribution >= 0.6 is 0 Å². The maximum absolute atomic E-state index is 0. The van der Waals surface area contributed by atoms with E-state index >= 15 is 0 Å². The Morgan fingerprint density at radius 1 is 1.00 bits per heavy atom. The number of hydrogen-bond donors (Lipinski definition) is 0. The summed E-state index contributed by atoms with van der Waals surface area (Å²) in [5, 5.41) is 0. The standard InChI is InChI=1S/Ag.Au.Cr.In.Pd.Y. The van der Waals surface area contributed by atoms with E-state index in [0.29, 0.717) is 0 Å². The maximum Gasteiger partial charge on any atom is 0 e. The number of rotatable bonds is 0. The van der Waals surface area contributed by atoms with E-state index in [1.54, 1.807) is 0 Å². The zero-order valence-electron chi connectivity index (χ0n) is 2.48. The molecule has 44 valence electrons. The molecule has 0 aromatic carbocycles. The van der Waals surface area contributed by atoms with Gasteiger partial charge in [-0.05, 0) is 0 Å². The van der Waals surface area contributed by atoms with Crippen LogP contribution in [0.3, 0.4) is 0 Å². The summed E-state index contributed by atoms with van der Waals surface area (Å²) in [4.78, 5) is 0. The van der Waals surface area contributed by atoms with E-state index in [-0.39, 0.29) is 141 Å². The maximum atomic E-state index is 0. The molecule has 0 aromatic rings. The van der Waals surface area contributed by atoms with Crippen LogP contribution in [0.15, 0.2) is 0 Å². The van der Waals surface area contributed by atoms with Crippen LogP contribution in [0.25, 0.3) is 0 Å². The monoisotopic (exact) mass is 666 g/mol. The second-order valence-electron chi connectivity index (χ2n) is 0. The summed E-state index contributed by atoms with van der Waals surface area (Å²) in [7, 11) is 0. The van der Waals surface area contributed by atoms with Crippen molar-refractivity contribution in [1.82, 2.24) is 0 Å². The zero-order valence-corrected chi connectivity index (χ0v) is 15.1.